The number of sulfonamides is 1. The Labute approximate surface area is 202 Å². The average molecular weight is 518 g/mol. The van der Waals surface area contributed by atoms with E-state index in [0.717, 1.165) is 49.9 Å². The Morgan fingerprint density at radius 3 is 2.26 bits per heavy atom. The van der Waals surface area contributed by atoms with Crippen LogP contribution < -0.4 is 15.5 Å². The monoisotopic (exact) mass is 517 g/mol. The summed E-state index contributed by atoms with van der Waals surface area (Å²) in [6, 6.07) is 4.26. The van der Waals surface area contributed by atoms with E-state index in [1.54, 1.807) is 6.08 Å². The van der Waals surface area contributed by atoms with E-state index in [4.69, 9.17) is 4.84 Å². The van der Waals surface area contributed by atoms with Crippen LogP contribution in [0.25, 0.3) is 0 Å². The molecule has 3 aliphatic rings. The summed E-state index contributed by atoms with van der Waals surface area (Å²) < 4.78 is 68.0. The third-order valence-electron chi connectivity index (χ3n) is 6.72. The first-order chi connectivity index (χ1) is 16.6. The second kappa shape index (κ2) is 10.4. The molecule has 12 heteroatoms. The molecular weight excluding hydrogens is 487 g/mol. The number of nitrogens with one attached hydrogen (secondary N) is 2. The summed E-state index contributed by atoms with van der Waals surface area (Å²) in [6.45, 7) is 0.275. The summed E-state index contributed by atoms with van der Waals surface area (Å²) >= 11 is 0. The fourth-order valence-electron chi connectivity index (χ4n) is 4.77. The average Bonchev–Trinajstić information content (AvgIpc) is 3.18. The Morgan fingerprint density at radius 2 is 1.66 bits per heavy atom. The predicted octanol–water partition coefficient (Wildman–Crippen LogP) is 3.76. The number of hydrogen-bond acceptors (Lipinski definition) is 6. The lowest BCUT2D eigenvalue weighted by molar-refractivity contribution is -0.274. The maximum Gasteiger partial charge on any atom is 0.573 e. The molecule has 2 fully saturated rings. The van der Waals surface area contributed by atoms with Crippen LogP contribution in [0.2, 0.25) is 0 Å². The Hall–Kier alpha value is -2.31. The van der Waals surface area contributed by atoms with Gasteiger partial charge in [0.05, 0.1) is 4.90 Å². The van der Waals surface area contributed by atoms with Gasteiger partial charge in [-0.2, -0.15) is 4.31 Å². The fraction of sp³-hybridized carbons (Fsp3) is 0.609. The topological polar surface area (TPSA) is 97.0 Å². The van der Waals surface area contributed by atoms with Crippen LogP contribution in [0.1, 0.15) is 57.8 Å². The van der Waals surface area contributed by atoms with Crippen LogP contribution in [0.3, 0.4) is 0 Å². The largest absolute Gasteiger partial charge is 0.573 e. The van der Waals surface area contributed by atoms with Gasteiger partial charge in [0.1, 0.15) is 17.0 Å². The van der Waals surface area contributed by atoms with Gasteiger partial charge in [-0.05, 0) is 56.0 Å². The van der Waals surface area contributed by atoms with Crippen molar-refractivity contribution in [2.45, 2.75) is 80.7 Å². The van der Waals surface area contributed by atoms with Crippen LogP contribution >= 0.6 is 0 Å². The first-order valence-electron chi connectivity index (χ1n) is 11.9. The van der Waals surface area contributed by atoms with Crippen LogP contribution in [-0.4, -0.2) is 49.7 Å². The van der Waals surface area contributed by atoms with E-state index in [-0.39, 0.29) is 29.9 Å². The number of alkyl halides is 3. The molecule has 194 valence electrons. The van der Waals surface area contributed by atoms with Gasteiger partial charge in [0, 0.05) is 19.1 Å². The lowest BCUT2D eigenvalue weighted by Gasteiger charge is -2.35. The standard InChI is InChI=1S/C23H30F3N3O5S/c24-23(25,26)33-18-8-10-19(11-9-18)35(31,32)29-14-12-22(13-15-29)16-20(28-34-22)21(30)27-17-6-4-2-1-3-5-7-17/h8-11,16-17,28H,1-7,12-15H2,(H,27,30). The summed E-state index contributed by atoms with van der Waals surface area (Å²) in [4.78, 5) is 18.4. The number of rotatable bonds is 5. The van der Waals surface area contributed by atoms with Crippen LogP contribution in [-0.2, 0) is 19.7 Å². The van der Waals surface area contributed by atoms with E-state index in [2.05, 4.69) is 15.5 Å². The molecule has 8 nitrogen and oxygen atoms in total. The van der Waals surface area contributed by atoms with Crippen molar-refractivity contribution < 1.29 is 36.0 Å². The molecule has 2 N–H and O–H groups in total. The molecule has 0 unspecified atom stereocenters. The van der Waals surface area contributed by atoms with Crippen LogP contribution in [0, 0.1) is 0 Å². The lowest BCUT2D eigenvalue weighted by Crippen LogP contribution is -2.46. The van der Waals surface area contributed by atoms with E-state index in [1.165, 1.54) is 23.6 Å². The van der Waals surface area contributed by atoms with Crippen molar-refractivity contribution in [3.8, 4) is 5.75 Å². The predicted molar refractivity (Wildman–Crippen MR) is 120 cm³/mol. The highest BCUT2D eigenvalue weighted by molar-refractivity contribution is 7.89. The molecule has 0 radical (unpaired) electrons. The number of benzene rings is 1. The summed E-state index contributed by atoms with van der Waals surface area (Å²) in [5, 5.41) is 3.09. The van der Waals surface area contributed by atoms with Gasteiger partial charge in [0.2, 0.25) is 10.0 Å². The zero-order valence-electron chi connectivity index (χ0n) is 19.3. The molecule has 1 spiro atoms. The zero-order valence-corrected chi connectivity index (χ0v) is 20.1. The minimum atomic E-state index is -4.85. The van der Waals surface area contributed by atoms with E-state index in [1.807, 2.05) is 0 Å². The van der Waals surface area contributed by atoms with E-state index in [9.17, 15) is 26.4 Å². The molecule has 1 saturated heterocycles. The molecule has 2 heterocycles. The lowest BCUT2D eigenvalue weighted by atomic mass is 9.92. The molecule has 4 rings (SSSR count). The summed E-state index contributed by atoms with van der Waals surface area (Å²) in [5.41, 5.74) is 2.27. The van der Waals surface area contributed by atoms with Gasteiger partial charge < -0.3 is 10.1 Å². The SMILES string of the molecule is O=C(NC1CCCCCCC1)C1=CC2(CCN(S(=O)(=O)c3ccc(OC(F)(F)F)cc3)CC2)ON1. The third kappa shape index (κ3) is 6.47. The number of hydrogen-bond donors (Lipinski definition) is 2. The highest BCUT2D eigenvalue weighted by Gasteiger charge is 2.43. The van der Waals surface area contributed by atoms with Crippen molar-refractivity contribution in [1.29, 1.82) is 0 Å². The summed E-state index contributed by atoms with van der Waals surface area (Å²) in [5.74, 6) is -0.710. The van der Waals surface area contributed by atoms with Gasteiger partial charge in [0.25, 0.3) is 5.91 Å². The molecule has 0 atom stereocenters. The number of amides is 1. The van der Waals surface area contributed by atoms with E-state index >= 15 is 0 Å². The Bertz CT molecular complexity index is 1030. The van der Waals surface area contributed by atoms with Crippen LogP contribution in [0.4, 0.5) is 13.2 Å². The number of carbonyl (C=O) groups excluding carboxylic acids is 1. The summed E-state index contributed by atoms with van der Waals surface area (Å²) in [7, 11) is -3.90. The quantitative estimate of drug-likeness (QED) is 0.618. The molecule has 1 aromatic rings. The molecule has 1 aromatic carbocycles. The van der Waals surface area contributed by atoms with Crippen molar-refractivity contribution in [2.75, 3.05) is 13.1 Å². The van der Waals surface area contributed by atoms with E-state index in [0.29, 0.717) is 18.5 Å². The zero-order chi connectivity index (χ0) is 25.1. The smallest absolute Gasteiger partial charge is 0.406 e. The summed E-state index contributed by atoms with van der Waals surface area (Å²) in [6.07, 6.45) is 5.27. The third-order valence-corrected chi connectivity index (χ3v) is 8.63. The van der Waals surface area contributed by atoms with Gasteiger partial charge in [-0.1, -0.05) is 32.1 Å². The van der Waals surface area contributed by atoms with Gasteiger partial charge >= 0.3 is 6.36 Å². The first kappa shape index (κ1) is 25.8. The minimum Gasteiger partial charge on any atom is -0.406 e. The fourth-order valence-corrected chi connectivity index (χ4v) is 6.21. The molecule has 0 aromatic heterocycles. The normalized spacial score (nSPS) is 22.1. The second-order valence-electron chi connectivity index (χ2n) is 9.27. The molecule has 1 aliphatic carbocycles. The van der Waals surface area contributed by atoms with Gasteiger partial charge in [0.15, 0.2) is 0 Å². The van der Waals surface area contributed by atoms with Crippen molar-refractivity contribution in [3.63, 3.8) is 0 Å². The number of carbonyl (C=O) groups is 1. The van der Waals surface area contributed by atoms with Gasteiger partial charge in [-0.15, -0.1) is 13.2 Å². The molecule has 35 heavy (non-hydrogen) atoms. The Morgan fingerprint density at radius 1 is 1.06 bits per heavy atom. The Balaban J connectivity index is 1.34. The van der Waals surface area contributed by atoms with Gasteiger partial charge in [-0.3, -0.25) is 15.1 Å². The number of halogens is 3. The highest BCUT2D eigenvalue weighted by atomic mass is 32.2. The van der Waals surface area contributed by atoms with Crippen molar-refractivity contribution >= 4 is 15.9 Å². The maximum atomic E-state index is 13.0. The van der Waals surface area contributed by atoms with Crippen LogP contribution in [0.15, 0.2) is 40.9 Å². The number of hydroxylamine groups is 1. The molecule has 1 amide bonds. The molecule has 2 aliphatic heterocycles. The Kier molecular flexibility index (Phi) is 7.62. The van der Waals surface area contributed by atoms with Crippen molar-refractivity contribution in [3.05, 3.63) is 36.0 Å². The van der Waals surface area contributed by atoms with Crippen molar-refractivity contribution in [2.24, 2.45) is 0 Å². The van der Waals surface area contributed by atoms with Gasteiger partial charge in [-0.25, -0.2) is 8.42 Å². The molecular formula is C23H30F3N3O5S. The molecule has 0 bridgehead atoms. The number of ether oxygens (including phenoxy) is 1. The highest BCUT2D eigenvalue weighted by Crippen LogP contribution is 2.34. The number of nitrogens with zero attached hydrogens (tertiary/aromatic N) is 1. The molecule has 1 saturated carbocycles. The van der Waals surface area contributed by atoms with Crippen molar-refractivity contribution in [1.82, 2.24) is 15.1 Å². The first-order valence-corrected chi connectivity index (χ1v) is 13.3. The minimum absolute atomic E-state index is 0.122. The second-order valence-corrected chi connectivity index (χ2v) is 11.2. The van der Waals surface area contributed by atoms with E-state index < -0.39 is 27.7 Å². The number of piperidine rings is 1. The maximum absolute atomic E-state index is 13.0. The van der Waals surface area contributed by atoms with Crippen LogP contribution in [0.5, 0.6) is 5.75 Å².